The number of aliphatic hydroxyl groups is 1. The molecule has 1 aromatic carbocycles. The number of benzene rings is 1. The van der Waals surface area contributed by atoms with Crippen molar-refractivity contribution in [3.05, 3.63) is 33.9 Å². The van der Waals surface area contributed by atoms with E-state index in [2.05, 4.69) is 0 Å². The molecule has 0 aliphatic carbocycles. The molecule has 112 valence electrons. The Morgan fingerprint density at radius 2 is 2.05 bits per heavy atom. The fourth-order valence-electron chi connectivity index (χ4n) is 1.89. The van der Waals surface area contributed by atoms with Crippen molar-refractivity contribution in [3.8, 4) is 0 Å². The summed E-state index contributed by atoms with van der Waals surface area (Å²) in [5.41, 5.74) is 0.00966. The largest absolute Gasteiger partial charge is 0.405 e. The Bertz CT molecular complexity index is 478. The maximum atomic E-state index is 12.5. The van der Waals surface area contributed by atoms with Crippen LogP contribution >= 0.6 is 0 Å². The zero-order valence-corrected chi connectivity index (χ0v) is 10.9. The molecule has 0 atom stereocenters. The highest BCUT2D eigenvalue weighted by molar-refractivity contribution is 5.57. The van der Waals surface area contributed by atoms with Crippen LogP contribution in [0.15, 0.2) is 18.2 Å². The van der Waals surface area contributed by atoms with Gasteiger partial charge in [0.1, 0.15) is 6.54 Å². The molecule has 0 amide bonds. The Morgan fingerprint density at radius 3 is 2.50 bits per heavy atom. The van der Waals surface area contributed by atoms with E-state index in [-0.39, 0.29) is 23.5 Å². The van der Waals surface area contributed by atoms with Crippen LogP contribution in [0, 0.1) is 10.1 Å². The number of hydrogen-bond donors (Lipinski definition) is 1. The predicted octanol–water partition coefficient (Wildman–Crippen LogP) is 2.87. The maximum Gasteiger partial charge on any atom is 0.405 e. The molecule has 1 aromatic rings. The lowest BCUT2D eigenvalue weighted by atomic mass is 10.1. The third kappa shape index (κ3) is 4.37. The highest BCUT2D eigenvalue weighted by Crippen LogP contribution is 2.28. The van der Waals surface area contributed by atoms with Gasteiger partial charge in [-0.25, -0.2) is 0 Å². The van der Waals surface area contributed by atoms with Crippen molar-refractivity contribution in [1.29, 1.82) is 0 Å². The van der Waals surface area contributed by atoms with Crippen LogP contribution in [0.3, 0.4) is 0 Å². The minimum atomic E-state index is -4.39. The molecule has 1 N–H and O–H groups in total. The molecule has 0 aliphatic heterocycles. The highest BCUT2D eigenvalue weighted by atomic mass is 19.4. The molecule has 0 spiro atoms. The first-order chi connectivity index (χ1) is 9.28. The maximum absolute atomic E-state index is 12.5. The first kappa shape index (κ1) is 16.2. The molecular formula is C12H15F3N2O3. The summed E-state index contributed by atoms with van der Waals surface area (Å²) in [4.78, 5) is 11.0. The summed E-state index contributed by atoms with van der Waals surface area (Å²) in [6.07, 6.45) is -3.90. The minimum Gasteiger partial charge on any atom is -0.392 e. The van der Waals surface area contributed by atoms with Crippen LogP contribution in [-0.2, 0) is 6.61 Å². The smallest absolute Gasteiger partial charge is 0.392 e. The summed E-state index contributed by atoms with van der Waals surface area (Å²) in [7, 11) is 0. The summed E-state index contributed by atoms with van der Waals surface area (Å²) in [5.74, 6) is 0. The van der Waals surface area contributed by atoms with E-state index >= 15 is 0 Å². The van der Waals surface area contributed by atoms with E-state index in [0.717, 1.165) is 17.0 Å². The van der Waals surface area contributed by atoms with Gasteiger partial charge in [0.05, 0.1) is 11.5 Å². The molecule has 20 heavy (non-hydrogen) atoms. The van der Waals surface area contributed by atoms with Gasteiger partial charge in [0.25, 0.3) is 5.69 Å². The SMILES string of the molecule is CCCN(CC(F)(F)F)c1ccc([N+](=O)[O-])cc1CO. The lowest BCUT2D eigenvalue weighted by molar-refractivity contribution is -0.384. The standard InChI is InChI=1S/C12H15F3N2O3/c1-2-5-16(8-12(13,14)15)11-4-3-10(17(19)20)6-9(11)7-18/h3-4,6,18H,2,5,7-8H2,1H3. The second-order valence-electron chi connectivity index (χ2n) is 4.26. The first-order valence-corrected chi connectivity index (χ1v) is 5.98. The summed E-state index contributed by atoms with van der Waals surface area (Å²) in [6, 6.07) is 3.47. The molecule has 0 bridgehead atoms. The average Bonchev–Trinajstić information content (AvgIpc) is 2.35. The minimum absolute atomic E-state index is 0.108. The summed E-state index contributed by atoms with van der Waals surface area (Å²) in [5, 5.41) is 19.8. The van der Waals surface area contributed by atoms with Gasteiger partial charge in [-0.1, -0.05) is 6.92 Å². The van der Waals surface area contributed by atoms with E-state index in [1.54, 1.807) is 6.92 Å². The number of nitrogens with zero attached hydrogens (tertiary/aromatic N) is 2. The van der Waals surface area contributed by atoms with Crippen molar-refractivity contribution >= 4 is 11.4 Å². The number of halogens is 3. The van der Waals surface area contributed by atoms with Crippen LogP contribution in [0.4, 0.5) is 24.5 Å². The van der Waals surface area contributed by atoms with E-state index in [0.29, 0.717) is 6.42 Å². The zero-order chi connectivity index (χ0) is 15.3. The normalized spacial score (nSPS) is 11.4. The van der Waals surface area contributed by atoms with Gasteiger partial charge in [-0.15, -0.1) is 0 Å². The van der Waals surface area contributed by atoms with Gasteiger partial charge >= 0.3 is 6.18 Å². The summed E-state index contributed by atoms with van der Waals surface area (Å²) in [6.45, 7) is 0.151. The van der Waals surface area contributed by atoms with Crippen LogP contribution in [0.1, 0.15) is 18.9 Å². The van der Waals surface area contributed by atoms with Crippen molar-refractivity contribution in [2.75, 3.05) is 18.0 Å². The summed E-state index contributed by atoms with van der Waals surface area (Å²) >= 11 is 0. The van der Waals surface area contributed by atoms with E-state index in [1.807, 2.05) is 0 Å². The Kier molecular flexibility index (Phi) is 5.32. The fourth-order valence-corrected chi connectivity index (χ4v) is 1.89. The van der Waals surface area contributed by atoms with Crippen LogP contribution < -0.4 is 4.90 Å². The molecule has 0 aliphatic rings. The number of nitro benzene ring substituents is 1. The first-order valence-electron chi connectivity index (χ1n) is 5.98. The van der Waals surface area contributed by atoms with E-state index in [9.17, 15) is 28.4 Å². The number of nitro groups is 1. The second-order valence-corrected chi connectivity index (χ2v) is 4.26. The molecule has 8 heteroatoms. The van der Waals surface area contributed by atoms with Crippen LogP contribution in [0.25, 0.3) is 0 Å². The predicted molar refractivity (Wildman–Crippen MR) is 67.6 cm³/mol. The van der Waals surface area contributed by atoms with Crippen molar-refractivity contribution < 1.29 is 23.2 Å². The Labute approximate surface area is 113 Å². The lowest BCUT2D eigenvalue weighted by Gasteiger charge is -2.27. The molecule has 0 fully saturated rings. The molecule has 0 saturated carbocycles. The molecule has 1 rings (SSSR count). The monoisotopic (exact) mass is 292 g/mol. The molecular weight excluding hydrogens is 277 g/mol. The van der Waals surface area contributed by atoms with Crippen LogP contribution in [-0.4, -0.2) is 29.3 Å². The van der Waals surface area contributed by atoms with Gasteiger partial charge in [-0.3, -0.25) is 10.1 Å². The number of hydrogen-bond acceptors (Lipinski definition) is 4. The Morgan fingerprint density at radius 1 is 1.40 bits per heavy atom. The number of non-ortho nitro benzene ring substituents is 1. The molecule has 0 radical (unpaired) electrons. The lowest BCUT2D eigenvalue weighted by Crippen LogP contribution is -2.35. The average molecular weight is 292 g/mol. The van der Waals surface area contributed by atoms with Crippen LogP contribution in [0.2, 0.25) is 0 Å². The highest BCUT2D eigenvalue weighted by Gasteiger charge is 2.31. The third-order valence-electron chi connectivity index (χ3n) is 2.65. The topological polar surface area (TPSA) is 66.6 Å². The Hall–Kier alpha value is -1.83. The van der Waals surface area contributed by atoms with Gasteiger partial charge in [-0.05, 0) is 12.5 Å². The fraction of sp³-hybridized carbons (Fsp3) is 0.500. The molecule has 5 nitrogen and oxygen atoms in total. The molecule has 0 heterocycles. The number of alkyl halides is 3. The van der Waals surface area contributed by atoms with E-state index in [4.69, 9.17) is 0 Å². The van der Waals surface area contributed by atoms with Crippen molar-refractivity contribution in [3.63, 3.8) is 0 Å². The van der Waals surface area contributed by atoms with Gasteiger partial charge in [-0.2, -0.15) is 13.2 Å². The summed E-state index contributed by atoms with van der Waals surface area (Å²) < 4.78 is 37.6. The molecule has 0 saturated heterocycles. The number of anilines is 1. The second kappa shape index (κ2) is 6.56. The van der Waals surface area contributed by atoms with Crippen LogP contribution in [0.5, 0.6) is 0 Å². The van der Waals surface area contributed by atoms with Gasteiger partial charge in [0.2, 0.25) is 0 Å². The molecule has 0 unspecified atom stereocenters. The van der Waals surface area contributed by atoms with Gasteiger partial charge in [0.15, 0.2) is 0 Å². The zero-order valence-electron chi connectivity index (χ0n) is 10.9. The third-order valence-corrected chi connectivity index (χ3v) is 2.65. The number of rotatable bonds is 6. The van der Waals surface area contributed by atoms with Gasteiger partial charge in [0, 0.05) is 29.9 Å². The van der Waals surface area contributed by atoms with Gasteiger partial charge < -0.3 is 10.0 Å². The Balaban J connectivity index is 3.15. The van der Waals surface area contributed by atoms with E-state index in [1.165, 1.54) is 6.07 Å². The number of aliphatic hydroxyl groups excluding tert-OH is 1. The van der Waals surface area contributed by atoms with Crippen molar-refractivity contribution in [1.82, 2.24) is 0 Å². The quantitative estimate of drug-likeness (QED) is 0.646. The van der Waals surface area contributed by atoms with Crippen molar-refractivity contribution in [2.45, 2.75) is 26.1 Å². The molecule has 0 aromatic heterocycles. The van der Waals surface area contributed by atoms with E-state index < -0.39 is 24.3 Å². The van der Waals surface area contributed by atoms with Crippen molar-refractivity contribution in [2.24, 2.45) is 0 Å².